The summed E-state index contributed by atoms with van der Waals surface area (Å²) in [4.78, 5) is 11.2. The quantitative estimate of drug-likeness (QED) is 0.419. The third-order valence-electron chi connectivity index (χ3n) is 4.71. The Balaban J connectivity index is 1.79. The second kappa shape index (κ2) is 10.2. The lowest BCUT2D eigenvalue weighted by atomic mass is 10.1. The average Bonchev–Trinajstić information content (AvgIpc) is 2.74. The predicted molar refractivity (Wildman–Crippen MR) is 119 cm³/mol. The zero-order chi connectivity index (χ0) is 22.4. The summed E-state index contributed by atoms with van der Waals surface area (Å²) in [6.45, 7) is 4.57. The van der Waals surface area contributed by atoms with E-state index in [1.807, 2.05) is 13.8 Å². The van der Waals surface area contributed by atoms with Crippen LogP contribution >= 0.6 is 11.6 Å². The molecule has 0 saturated heterocycles. The lowest BCUT2D eigenvalue weighted by Gasteiger charge is -2.16. The largest absolute Gasteiger partial charge is 0.490 e. The molecule has 0 heterocycles. The van der Waals surface area contributed by atoms with E-state index in [0.717, 1.165) is 11.1 Å². The van der Waals surface area contributed by atoms with Gasteiger partial charge in [0.25, 0.3) is 0 Å². The van der Waals surface area contributed by atoms with Gasteiger partial charge in [-0.15, -0.1) is 0 Å². The number of carboxylic acids is 1. The highest BCUT2D eigenvalue weighted by Crippen LogP contribution is 2.35. The maximum Gasteiger partial charge on any atom is 0.335 e. The minimum absolute atomic E-state index is 0.0435. The van der Waals surface area contributed by atoms with Crippen LogP contribution in [0.5, 0.6) is 11.5 Å². The molecule has 0 fully saturated rings. The van der Waals surface area contributed by atoms with Gasteiger partial charge in [0.15, 0.2) is 11.5 Å². The molecular weight excluding hydrogens is 421 g/mol. The van der Waals surface area contributed by atoms with Crippen LogP contribution in [-0.2, 0) is 13.2 Å². The molecule has 0 aliphatic carbocycles. The Morgan fingerprint density at radius 1 is 1.06 bits per heavy atom. The van der Waals surface area contributed by atoms with Crippen LogP contribution in [0.1, 0.15) is 34.0 Å². The number of carbonyl (C=O) groups is 1. The second-order valence-corrected chi connectivity index (χ2v) is 7.30. The van der Waals surface area contributed by atoms with Crippen molar-refractivity contribution < 1.29 is 23.8 Å². The van der Waals surface area contributed by atoms with Crippen LogP contribution in [0.15, 0.2) is 54.6 Å². The molecule has 5 nitrogen and oxygen atoms in total. The lowest BCUT2D eigenvalue weighted by molar-refractivity contribution is 0.0697. The molecule has 3 aromatic carbocycles. The van der Waals surface area contributed by atoms with Crippen LogP contribution in [0, 0.1) is 12.7 Å². The molecule has 3 aromatic rings. The highest BCUT2D eigenvalue weighted by atomic mass is 35.5. The number of ether oxygens (including phenoxy) is 2. The van der Waals surface area contributed by atoms with Gasteiger partial charge >= 0.3 is 5.97 Å². The molecule has 2 N–H and O–H groups in total. The number of hydrogen-bond acceptors (Lipinski definition) is 4. The lowest BCUT2D eigenvalue weighted by Crippen LogP contribution is -2.06. The van der Waals surface area contributed by atoms with Crippen LogP contribution in [-0.4, -0.2) is 17.7 Å². The smallest absolute Gasteiger partial charge is 0.335 e. The number of anilines is 1. The molecule has 0 aromatic heterocycles. The number of nitrogens with one attached hydrogen (secondary N) is 1. The van der Waals surface area contributed by atoms with Crippen molar-refractivity contribution in [3.63, 3.8) is 0 Å². The topological polar surface area (TPSA) is 67.8 Å². The molecule has 0 atom stereocenters. The minimum atomic E-state index is -0.990. The van der Waals surface area contributed by atoms with Gasteiger partial charge in [0.2, 0.25) is 0 Å². The second-order valence-electron chi connectivity index (χ2n) is 6.89. The van der Waals surface area contributed by atoms with Crippen LogP contribution in [0.3, 0.4) is 0 Å². The number of rotatable bonds is 9. The highest BCUT2D eigenvalue weighted by Gasteiger charge is 2.13. The van der Waals surface area contributed by atoms with Crippen LogP contribution in [0.25, 0.3) is 0 Å². The number of aromatic carboxylic acids is 1. The number of carboxylic acid groups (broad SMARTS) is 1. The third kappa shape index (κ3) is 5.67. The third-order valence-corrected chi connectivity index (χ3v) is 5.06. The molecule has 0 bridgehead atoms. The summed E-state index contributed by atoms with van der Waals surface area (Å²) in [6.07, 6.45) is 0. The van der Waals surface area contributed by atoms with Crippen molar-refractivity contribution >= 4 is 23.3 Å². The highest BCUT2D eigenvalue weighted by molar-refractivity contribution is 6.31. The first-order chi connectivity index (χ1) is 14.9. The van der Waals surface area contributed by atoms with Crippen LogP contribution in [0.2, 0.25) is 5.02 Å². The first kappa shape index (κ1) is 22.4. The van der Waals surface area contributed by atoms with Gasteiger partial charge in [0.1, 0.15) is 12.4 Å². The molecule has 0 amide bonds. The molecule has 0 radical (unpaired) electrons. The van der Waals surface area contributed by atoms with Crippen molar-refractivity contribution in [1.29, 1.82) is 0 Å². The number of halogens is 2. The summed E-state index contributed by atoms with van der Waals surface area (Å²) >= 11 is 6.46. The van der Waals surface area contributed by atoms with Crippen molar-refractivity contribution in [2.75, 3.05) is 11.9 Å². The van der Waals surface area contributed by atoms with Gasteiger partial charge in [0.05, 0.1) is 12.2 Å². The number of benzene rings is 3. The number of aryl methyl sites for hydroxylation is 1. The Bertz CT molecular complexity index is 1090. The van der Waals surface area contributed by atoms with E-state index in [2.05, 4.69) is 5.32 Å². The molecule has 0 spiro atoms. The molecule has 162 valence electrons. The maximum atomic E-state index is 13.9. The van der Waals surface area contributed by atoms with Crippen molar-refractivity contribution in [1.82, 2.24) is 0 Å². The van der Waals surface area contributed by atoms with E-state index < -0.39 is 5.97 Å². The van der Waals surface area contributed by atoms with E-state index >= 15 is 0 Å². The molecule has 7 heteroatoms. The van der Waals surface area contributed by atoms with Crippen molar-refractivity contribution in [2.45, 2.75) is 27.0 Å². The predicted octanol–water partition coefficient (Wildman–Crippen LogP) is 6.08. The van der Waals surface area contributed by atoms with E-state index in [4.69, 9.17) is 21.1 Å². The Morgan fingerprint density at radius 2 is 1.81 bits per heavy atom. The number of hydrogen-bond donors (Lipinski definition) is 2. The van der Waals surface area contributed by atoms with Gasteiger partial charge in [-0.05, 0) is 49.2 Å². The van der Waals surface area contributed by atoms with E-state index in [-0.39, 0.29) is 18.0 Å². The fraction of sp³-hybridized carbons (Fsp3) is 0.208. The molecule has 0 saturated carbocycles. The van der Waals surface area contributed by atoms with Crippen LogP contribution in [0.4, 0.5) is 10.1 Å². The van der Waals surface area contributed by atoms with Gasteiger partial charge in [-0.3, -0.25) is 0 Å². The SMILES string of the molecule is CCOc1cc(CNc2cc(C(=O)O)ccc2C)c(Cl)cc1OCc1ccccc1F. The Kier molecular flexibility index (Phi) is 7.36. The monoisotopic (exact) mass is 443 g/mol. The summed E-state index contributed by atoms with van der Waals surface area (Å²) in [5, 5.41) is 12.9. The standard InChI is InChI=1S/C24H23ClFNO4/c1-3-30-22-11-18(13-27-21-10-16(24(28)29)9-8-15(21)2)19(25)12-23(22)31-14-17-6-4-5-7-20(17)26/h4-12,27H,3,13-14H2,1-2H3,(H,28,29). The normalized spacial score (nSPS) is 10.6. The van der Waals surface area contributed by atoms with Gasteiger partial charge in [0, 0.05) is 28.9 Å². The molecule has 0 aliphatic heterocycles. The van der Waals surface area contributed by atoms with Crippen molar-refractivity contribution in [3.8, 4) is 11.5 Å². The van der Waals surface area contributed by atoms with E-state index in [0.29, 0.717) is 40.9 Å². The zero-order valence-electron chi connectivity index (χ0n) is 17.2. The van der Waals surface area contributed by atoms with Gasteiger partial charge in [-0.1, -0.05) is 35.9 Å². The minimum Gasteiger partial charge on any atom is -0.490 e. The van der Waals surface area contributed by atoms with Crippen molar-refractivity contribution in [2.24, 2.45) is 0 Å². The molecular formula is C24H23ClFNO4. The molecule has 31 heavy (non-hydrogen) atoms. The first-order valence-electron chi connectivity index (χ1n) is 9.78. The zero-order valence-corrected chi connectivity index (χ0v) is 18.0. The van der Waals surface area contributed by atoms with E-state index in [9.17, 15) is 14.3 Å². The molecule has 3 rings (SSSR count). The van der Waals surface area contributed by atoms with E-state index in [1.165, 1.54) is 6.07 Å². The van der Waals surface area contributed by atoms with Gasteiger partial charge < -0.3 is 19.9 Å². The summed E-state index contributed by atoms with van der Waals surface area (Å²) < 4.78 is 25.4. The average molecular weight is 444 g/mol. The molecule has 0 aliphatic rings. The van der Waals surface area contributed by atoms with E-state index in [1.54, 1.807) is 48.5 Å². The Morgan fingerprint density at radius 3 is 2.52 bits per heavy atom. The summed E-state index contributed by atoms with van der Waals surface area (Å²) in [7, 11) is 0. The van der Waals surface area contributed by atoms with Crippen molar-refractivity contribution in [3.05, 3.63) is 87.7 Å². The van der Waals surface area contributed by atoms with Gasteiger partial charge in [-0.25, -0.2) is 9.18 Å². The first-order valence-corrected chi connectivity index (χ1v) is 10.2. The fourth-order valence-electron chi connectivity index (χ4n) is 3.00. The Labute approximate surface area is 185 Å². The maximum absolute atomic E-state index is 13.9. The fourth-order valence-corrected chi connectivity index (χ4v) is 3.22. The summed E-state index contributed by atoms with van der Waals surface area (Å²) in [6, 6.07) is 14.7. The molecule has 0 unspecified atom stereocenters. The van der Waals surface area contributed by atoms with Gasteiger partial charge in [-0.2, -0.15) is 0 Å². The summed E-state index contributed by atoms with van der Waals surface area (Å²) in [5.74, 6) is -0.415. The summed E-state index contributed by atoms with van der Waals surface area (Å²) in [5.41, 5.74) is 3.00. The Hall–Kier alpha value is -3.25. The van der Waals surface area contributed by atoms with Crippen LogP contribution < -0.4 is 14.8 Å².